The molecule has 0 bridgehead atoms. The number of rotatable bonds is 5. The van der Waals surface area contributed by atoms with Gasteiger partial charge in [-0.25, -0.2) is 5.43 Å². The molecule has 1 aromatic heterocycles. The molecule has 0 aliphatic carbocycles. The average molecular weight is 317 g/mol. The van der Waals surface area contributed by atoms with Crippen molar-refractivity contribution >= 4 is 17.3 Å². The van der Waals surface area contributed by atoms with Gasteiger partial charge in [0, 0.05) is 23.4 Å². The van der Waals surface area contributed by atoms with Gasteiger partial charge >= 0.3 is 0 Å². The van der Waals surface area contributed by atoms with Crippen molar-refractivity contribution in [1.82, 2.24) is 15.6 Å². The summed E-state index contributed by atoms with van der Waals surface area (Å²) in [6.07, 6.45) is -0.0955. The Bertz CT molecular complexity index is 816. The second-order valence-electron chi connectivity index (χ2n) is 4.90. The van der Waals surface area contributed by atoms with E-state index in [1.165, 1.54) is 12.1 Å². The number of benzene rings is 1. The summed E-state index contributed by atoms with van der Waals surface area (Å²) in [5, 5.41) is 19.6. The van der Waals surface area contributed by atoms with Crippen LogP contribution in [0, 0.1) is 17.0 Å². The molecule has 1 amide bonds. The highest BCUT2D eigenvalue weighted by molar-refractivity contribution is 5.99. The van der Waals surface area contributed by atoms with Gasteiger partial charge in [0.2, 0.25) is 5.91 Å². The third-order valence-corrected chi connectivity index (χ3v) is 3.27. The maximum atomic E-state index is 11.8. The summed E-state index contributed by atoms with van der Waals surface area (Å²) in [6.45, 7) is 3.35. The van der Waals surface area contributed by atoms with E-state index in [-0.39, 0.29) is 17.7 Å². The second kappa shape index (κ2) is 6.69. The first-order valence-corrected chi connectivity index (χ1v) is 6.72. The van der Waals surface area contributed by atoms with Gasteiger partial charge in [-0.05, 0) is 31.5 Å². The SMILES string of the molecule is C/C(=N\NC(=O)Cc1c(C)[nH][nH]c1=O)c1ccc([N+](=O)[O-])cc1. The van der Waals surface area contributed by atoms with Gasteiger partial charge in [0.1, 0.15) is 0 Å². The Morgan fingerprint density at radius 1 is 1.30 bits per heavy atom. The van der Waals surface area contributed by atoms with Crippen molar-refractivity contribution in [2.24, 2.45) is 5.10 Å². The molecule has 2 rings (SSSR count). The van der Waals surface area contributed by atoms with E-state index in [9.17, 15) is 19.7 Å². The molecule has 9 heteroatoms. The second-order valence-corrected chi connectivity index (χ2v) is 4.90. The summed E-state index contributed by atoms with van der Waals surface area (Å²) in [4.78, 5) is 33.4. The van der Waals surface area contributed by atoms with Gasteiger partial charge in [0.25, 0.3) is 11.2 Å². The van der Waals surface area contributed by atoms with Gasteiger partial charge < -0.3 is 5.10 Å². The zero-order valence-corrected chi connectivity index (χ0v) is 12.5. The van der Waals surface area contributed by atoms with Crippen molar-refractivity contribution in [3.05, 3.63) is 61.6 Å². The minimum Gasteiger partial charge on any atom is -0.302 e. The lowest BCUT2D eigenvalue weighted by Gasteiger charge is -2.02. The molecule has 0 aliphatic heterocycles. The highest BCUT2D eigenvalue weighted by Crippen LogP contribution is 2.12. The number of nitrogens with one attached hydrogen (secondary N) is 3. The van der Waals surface area contributed by atoms with Crippen molar-refractivity contribution in [1.29, 1.82) is 0 Å². The van der Waals surface area contributed by atoms with Crippen molar-refractivity contribution < 1.29 is 9.72 Å². The van der Waals surface area contributed by atoms with Crippen LogP contribution in [0.15, 0.2) is 34.2 Å². The van der Waals surface area contributed by atoms with Crippen LogP contribution in [0.25, 0.3) is 0 Å². The van der Waals surface area contributed by atoms with Gasteiger partial charge in [-0.1, -0.05) is 0 Å². The fraction of sp³-hybridized carbons (Fsp3) is 0.214. The van der Waals surface area contributed by atoms with E-state index in [1.54, 1.807) is 26.0 Å². The largest absolute Gasteiger partial charge is 0.302 e. The fourth-order valence-electron chi connectivity index (χ4n) is 1.92. The predicted molar refractivity (Wildman–Crippen MR) is 83.3 cm³/mol. The molecule has 0 atom stereocenters. The van der Waals surface area contributed by atoms with E-state index in [1.807, 2.05) is 0 Å². The molecule has 9 nitrogen and oxygen atoms in total. The van der Waals surface area contributed by atoms with Crippen molar-refractivity contribution in [2.45, 2.75) is 20.3 Å². The van der Waals surface area contributed by atoms with Crippen LogP contribution < -0.4 is 11.0 Å². The first-order valence-electron chi connectivity index (χ1n) is 6.72. The molecule has 1 aromatic carbocycles. The summed E-state index contributed by atoms with van der Waals surface area (Å²) < 4.78 is 0. The molecule has 0 unspecified atom stereocenters. The Kier molecular flexibility index (Phi) is 4.69. The molecule has 0 fully saturated rings. The summed E-state index contributed by atoms with van der Waals surface area (Å²) in [5.74, 6) is -0.431. The molecule has 0 spiro atoms. The number of H-pyrrole nitrogens is 2. The number of hydrogen-bond donors (Lipinski definition) is 3. The summed E-state index contributed by atoms with van der Waals surface area (Å²) in [6, 6.07) is 5.81. The topological polar surface area (TPSA) is 133 Å². The van der Waals surface area contributed by atoms with Crippen LogP contribution in [0.3, 0.4) is 0 Å². The Hall–Kier alpha value is -3.23. The lowest BCUT2D eigenvalue weighted by atomic mass is 10.1. The van der Waals surface area contributed by atoms with E-state index in [2.05, 4.69) is 20.7 Å². The van der Waals surface area contributed by atoms with Crippen LogP contribution in [0.4, 0.5) is 5.69 Å². The lowest BCUT2D eigenvalue weighted by Crippen LogP contribution is -2.24. The van der Waals surface area contributed by atoms with Crippen LogP contribution >= 0.6 is 0 Å². The van der Waals surface area contributed by atoms with Gasteiger partial charge in [-0.2, -0.15) is 5.10 Å². The van der Waals surface area contributed by atoms with Crippen molar-refractivity contribution in [3.63, 3.8) is 0 Å². The molecule has 0 saturated heterocycles. The van der Waals surface area contributed by atoms with Gasteiger partial charge in [-0.15, -0.1) is 0 Å². The molecule has 0 saturated carbocycles. The third kappa shape index (κ3) is 3.90. The Labute approximate surface area is 130 Å². The third-order valence-electron chi connectivity index (χ3n) is 3.27. The maximum Gasteiger partial charge on any atom is 0.269 e. The number of carbonyl (C=O) groups is 1. The van der Waals surface area contributed by atoms with Gasteiger partial charge in [0.15, 0.2) is 0 Å². The van der Waals surface area contributed by atoms with Gasteiger partial charge in [-0.3, -0.25) is 24.8 Å². The number of aromatic nitrogens is 2. The maximum absolute atomic E-state index is 11.8. The summed E-state index contributed by atoms with van der Waals surface area (Å²) in [5.41, 5.74) is 4.09. The normalized spacial score (nSPS) is 11.3. The van der Waals surface area contributed by atoms with Crippen molar-refractivity contribution in [2.75, 3.05) is 0 Å². The minimum atomic E-state index is -0.491. The number of non-ortho nitro benzene ring substituents is 1. The predicted octanol–water partition coefficient (Wildman–Crippen LogP) is 1.00. The summed E-state index contributed by atoms with van der Waals surface area (Å²) in [7, 11) is 0. The van der Waals surface area contributed by atoms with Gasteiger partial charge in [0.05, 0.1) is 17.1 Å². The average Bonchev–Trinajstić information content (AvgIpc) is 2.84. The first kappa shape index (κ1) is 16.1. The Balaban J connectivity index is 2.02. The smallest absolute Gasteiger partial charge is 0.269 e. The molecular weight excluding hydrogens is 302 g/mol. The zero-order chi connectivity index (χ0) is 17.0. The molecule has 1 heterocycles. The number of hydrazone groups is 1. The van der Waals surface area contributed by atoms with Crippen LogP contribution in [0.5, 0.6) is 0 Å². The molecular formula is C14H15N5O4. The highest BCUT2D eigenvalue weighted by atomic mass is 16.6. The molecule has 2 aromatic rings. The van der Waals surface area contributed by atoms with Crippen LogP contribution in [-0.4, -0.2) is 26.7 Å². The number of aryl methyl sites for hydroxylation is 1. The van der Waals surface area contributed by atoms with Crippen molar-refractivity contribution in [3.8, 4) is 0 Å². The Morgan fingerprint density at radius 3 is 2.48 bits per heavy atom. The highest BCUT2D eigenvalue weighted by Gasteiger charge is 2.11. The van der Waals surface area contributed by atoms with E-state index in [0.717, 1.165) is 0 Å². The van der Waals surface area contributed by atoms with Crippen LogP contribution in [0.2, 0.25) is 0 Å². The number of hydrogen-bond acceptors (Lipinski definition) is 5. The first-order chi connectivity index (χ1) is 10.9. The number of aromatic amines is 2. The minimum absolute atomic E-state index is 0.0206. The fourth-order valence-corrected chi connectivity index (χ4v) is 1.92. The van der Waals surface area contributed by atoms with E-state index in [0.29, 0.717) is 22.5 Å². The molecule has 120 valence electrons. The molecule has 3 N–H and O–H groups in total. The number of amides is 1. The number of nitro benzene ring substituents is 1. The lowest BCUT2D eigenvalue weighted by molar-refractivity contribution is -0.384. The Morgan fingerprint density at radius 2 is 1.96 bits per heavy atom. The van der Waals surface area contributed by atoms with Crippen LogP contribution in [0.1, 0.15) is 23.7 Å². The molecule has 0 aliphatic rings. The standard InChI is InChI=1S/C14H15N5O4/c1-8(10-3-5-11(6-4-10)19(22)23)15-17-13(20)7-12-9(2)16-18-14(12)21/h3-6H,7H2,1-2H3,(H,17,20)(H2,16,18,21)/b15-8+. The molecule has 23 heavy (non-hydrogen) atoms. The number of carbonyl (C=O) groups excluding carboxylic acids is 1. The van der Waals surface area contributed by atoms with E-state index in [4.69, 9.17) is 0 Å². The molecule has 0 radical (unpaired) electrons. The van der Waals surface area contributed by atoms with E-state index < -0.39 is 10.8 Å². The van der Waals surface area contributed by atoms with Crippen LogP contribution in [-0.2, 0) is 11.2 Å². The quantitative estimate of drug-likeness (QED) is 0.431. The summed E-state index contributed by atoms with van der Waals surface area (Å²) >= 11 is 0. The number of nitrogens with zero attached hydrogens (tertiary/aromatic N) is 2. The van der Waals surface area contributed by atoms with E-state index >= 15 is 0 Å². The zero-order valence-electron chi connectivity index (χ0n) is 12.5. The number of nitro groups is 1. The monoisotopic (exact) mass is 317 g/mol.